The van der Waals surface area contributed by atoms with E-state index >= 15 is 0 Å². The maximum absolute atomic E-state index is 13.2. The second-order valence-corrected chi connectivity index (χ2v) is 8.23. The minimum absolute atomic E-state index is 0.134. The van der Waals surface area contributed by atoms with Crippen molar-refractivity contribution in [2.24, 2.45) is 0 Å². The molecule has 2 aromatic rings. The van der Waals surface area contributed by atoms with E-state index in [0.717, 1.165) is 46.9 Å². The highest BCUT2D eigenvalue weighted by atomic mass is 16.2. The van der Waals surface area contributed by atoms with Gasteiger partial charge in [-0.1, -0.05) is 68.1 Å². The number of benzene rings is 2. The van der Waals surface area contributed by atoms with Gasteiger partial charge in [0.15, 0.2) is 0 Å². The number of urea groups is 1. The van der Waals surface area contributed by atoms with Gasteiger partial charge in [-0.05, 0) is 36.1 Å². The van der Waals surface area contributed by atoms with Gasteiger partial charge in [0, 0.05) is 6.04 Å². The molecule has 4 rings (SSSR count). The van der Waals surface area contributed by atoms with Crippen molar-refractivity contribution >= 4 is 28.6 Å². The van der Waals surface area contributed by atoms with Crippen LogP contribution in [0, 0.1) is 0 Å². The van der Waals surface area contributed by atoms with Crippen LogP contribution in [0.4, 0.5) is 4.79 Å². The Kier molecular flexibility index (Phi) is 5.26. The Balaban J connectivity index is 1.53. The molecule has 0 radical (unpaired) electrons. The summed E-state index contributed by atoms with van der Waals surface area (Å²) in [6.45, 7) is 1.46. The molecule has 0 bridgehead atoms. The maximum atomic E-state index is 13.2. The van der Waals surface area contributed by atoms with Crippen LogP contribution in [0.1, 0.15) is 51.0 Å². The quantitative estimate of drug-likeness (QED) is 0.617. The van der Waals surface area contributed by atoms with Crippen molar-refractivity contribution in [1.29, 1.82) is 0 Å². The summed E-state index contributed by atoms with van der Waals surface area (Å²) >= 11 is 0. The molecule has 2 aliphatic rings. The fourth-order valence-electron chi connectivity index (χ4n) is 4.53. The largest absolute Gasteiger partial charge is 0.352 e. The van der Waals surface area contributed by atoms with Gasteiger partial charge in [0.2, 0.25) is 5.91 Å². The number of imide groups is 1. The number of carbonyl (C=O) groups excluding carboxylic acids is 3. The third-order valence-corrected chi connectivity index (χ3v) is 6.13. The average molecular weight is 393 g/mol. The van der Waals surface area contributed by atoms with Gasteiger partial charge in [0.05, 0.1) is 0 Å². The van der Waals surface area contributed by atoms with Crippen LogP contribution in [0.2, 0.25) is 0 Å². The SMILES string of the molecule is C[C@@]1(c2cccc3ccccc23)NC(=O)N(CC(=O)NC2CCCCCC2)C1=O. The van der Waals surface area contributed by atoms with Crippen molar-refractivity contribution < 1.29 is 14.4 Å². The third kappa shape index (κ3) is 3.71. The van der Waals surface area contributed by atoms with E-state index in [-0.39, 0.29) is 18.5 Å². The van der Waals surface area contributed by atoms with Crippen LogP contribution in [0.5, 0.6) is 0 Å². The lowest BCUT2D eigenvalue weighted by atomic mass is 9.88. The molecule has 0 aromatic heterocycles. The molecule has 1 heterocycles. The fourth-order valence-corrected chi connectivity index (χ4v) is 4.53. The molecule has 2 N–H and O–H groups in total. The van der Waals surface area contributed by atoms with E-state index in [0.29, 0.717) is 0 Å². The third-order valence-electron chi connectivity index (χ3n) is 6.13. The Morgan fingerprint density at radius 1 is 1.07 bits per heavy atom. The number of rotatable bonds is 4. The molecule has 0 unspecified atom stereocenters. The maximum Gasteiger partial charge on any atom is 0.325 e. The Morgan fingerprint density at radius 2 is 1.76 bits per heavy atom. The Bertz CT molecular complexity index is 944. The summed E-state index contributed by atoms with van der Waals surface area (Å²) in [5.41, 5.74) is -0.457. The molecule has 1 aliphatic heterocycles. The van der Waals surface area contributed by atoms with Crippen molar-refractivity contribution in [3.63, 3.8) is 0 Å². The second kappa shape index (κ2) is 7.85. The first kappa shape index (κ1) is 19.4. The lowest BCUT2D eigenvalue weighted by molar-refractivity contribution is -0.135. The molecule has 1 atom stereocenters. The van der Waals surface area contributed by atoms with Crippen molar-refractivity contribution in [3.8, 4) is 0 Å². The number of amides is 4. The van der Waals surface area contributed by atoms with Crippen LogP contribution >= 0.6 is 0 Å². The first-order valence-electron chi connectivity index (χ1n) is 10.4. The molecule has 2 aromatic carbocycles. The van der Waals surface area contributed by atoms with Gasteiger partial charge in [0.25, 0.3) is 5.91 Å². The van der Waals surface area contributed by atoms with Gasteiger partial charge < -0.3 is 10.6 Å². The monoisotopic (exact) mass is 393 g/mol. The lowest BCUT2D eigenvalue weighted by Crippen LogP contribution is -2.45. The molecule has 4 amide bonds. The Morgan fingerprint density at radius 3 is 2.52 bits per heavy atom. The molecule has 6 heteroatoms. The van der Waals surface area contributed by atoms with Gasteiger partial charge in [-0.25, -0.2) is 4.79 Å². The Labute approximate surface area is 170 Å². The zero-order chi connectivity index (χ0) is 20.4. The van der Waals surface area contributed by atoms with Gasteiger partial charge in [-0.3, -0.25) is 14.5 Å². The highest BCUT2D eigenvalue weighted by Crippen LogP contribution is 2.33. The number of nitrogens with one attached hydrogen (secondary N) is 2. The standard InChI is InChI=1S/C23H27N3O3/c1-23(19-14-8-10-16-9-6-7-13-18(16)19)21(28)26(22(29)25-23)15-20(27)24-17-11-4-2-3-5-12-17/h6-10,13-14,17H,2-5,11-12,15H2,1H3,(H,24,27)(H,25,29)/t23-/m0/s1. The molecular formula is C23H27N3O3. The van der Waals surface area contributed by atoms with Gasteiger partial charge in [-0.2, -0.15) is 0 Å². The van der Waals surface area contributed by atoms with E-state index in [1.54, 1.807) is 6.92 Å². The molecule has 152 valence electrons. The molecule has 1 saturated carbocycles. The van der Waals surface area contributed by atoms with Crippen molar-refractivity contribution in [1.82, 2.24) is 15.5 Å². The average Bonchev–Trinajstić information content (AvgIpc) is 2.90. The summed E-state index contributed by atoms with van der Waals surface area (Å²) < 4.78 is 0. The number of nitrogens with zero attached hydrogens (tertiary/aromatic N) is 1. The highest BCUT2D eigenvalue weighted by Gasteiger charge is 2.50. The predicted molar refractivity (Wildman–Crippen MR) is 111 cm³/mol. The van der Waals surface area contributed by atoms with Gasteiger partial charge in [-0.15, -0.1) is 0 Å². The van der Waals surface area contributed by atoms with Crippen molar-refractivity contribution in [2.45, 2.75) is 57.0 Å². The second-order valence-electron chi connectivity index (χ2n) is 8.23. The van der Waals surface area contributed by atoms with Crippen LogP contribution in [0.25, 0.3) is 10.8 Å². The zero-order valence-corrected chi connectivity index (χ0v) is 16.7. The van der Waals surface area contributed by atoms with Crippen molar-refractivity contribution in [2.75, 3.05) is 6.54 Å². The molecular weight excluding hydrogens is 366 g/mol. The van der Waals surface area contributed by atoms with E-state index in [1.165, 1.54) is 12.8 Å². The molecule has 1 aliphatic carbocycles. The highest BCUT2D eigenvalue weighted by molar-refractivity contribution is 6.10. The summed E-state index contributed by atoms with van der Waals surface area (Å²) in [7, 11) is 0. The lowest BCUT2D eigenvalue weighted by Gasteiger charge is -2.24. The molecule has 1 saturated heterocycles. The van der Waals surface area contributed by atoms with E-state index in [4.69, 9.17) is 0 Å². The molecule has 6 nitrogen and oxygen atoms in total. The topological polar surface area (TPSA) is 78.5 Å². The van der Waals surface area contributed by atoms with Gasteiger partial charge >= 0.3 is 6.03 Å². The Hall–Kier alpha value is -2.89. The van der Waals surface area contributed by atoms with Crippen LogP contribution in [0.3, 0.4) is 0 Å². The van der Waals surface area contributed by atoms with E-state index in [1.807, 2.05) is 42.5 Å². The van der Waals surface area contributed by atoms with Gasteiger partial charge in [0.1, 0.15) is 12.1 Å². The first-order valence-corrected chi connectivity index (χ1v) is 10.4. The fraction of sp³-hybridized carbons (Fsp3) is 0.435. The smallest absolute Gasteiger partial charge is 0.325 e. The summed E-state index contributed by atoms with van der Waals surface area (Å²) in [6, 6.07) is 13.1. The normalized spacial score (nSPS) is 23.1. The number of carbonyl (C=O) groups is 3. The van der Waals surface area contributed by atoms with E-state index in [9.17, 15) is 14.4 Å². The minimum Gasteiger partial charge on any atom is -0.352 e. The number of fused-ring (bicyclic) bond motifs is 1. The summed E-state index contributed by atoms with van der Waals surface area (Å²) in [6.07, 6.45) is 6.52. The molecule has 29 heavy (non-hydrogen) atoms. The number of hydrogen-bond acceptors (Lipinski definition) is 3. The van der Waals surface area contributed by atoms with Crippen molar-refractivity contribution in [3.05, 3.63) is 48.0 Å². The van der Waals surface area contributed by atoms with Crippen LogP contribution in [-0.2, 0) is 15.1 Å². The molecule has 2 fully saturated rings. The summed E-state index contributed by atoms with van der Waals surface area (Å²) in [5, 5.41) is 7.74. The first-order chi connectivity index (χ1) is 14.0. The van der Waals surface area contributed by atoms with E-state index < -0.39 is 17.5 Å². The van der Waals surface area contributed by atoms with Crippen LogP contribution < -0.4 is 10.6 Å². The zero-order valence-electron chi connectivity index (χ0n) is 16.7. The molecule has 0 spiro atoms. The van der Waals surface area contributed by atoms with Crippen LogP contribution in [0.15, 0.2) is 42.5 Å². The minimum atomic E-state index is -1.19. The van der Waals surface area contributed by atoms with E-state index in [2.05, 4.69) is 10.6 Å². The number of hydrogen-bond donors (Lipinski definition) is 2. The predicted octanol–water partition coefficient (Wildman–Crippen LogP) is 3.45. The summed E-state index contributed by atoms with van der Waals surface area (Å²) in [5.74, 6) is -0.669. The van der Waals surface area contributed by atoms with Crippen LogP contribution in [-0.4, -0.2) is 35.3 Å². The summed E-state index contributed by atoms with van der Waals surface area (Å²) in [4.78, 5) is 39.4.